The van der Waals surface area contributed by atoms with Crippen molar-refractivity contribution in [2.75, 3.05) is 32.9 Å². The summed E-state index contributed by atoms with van der Waals surface area (Å²) in [6.45, 7) is 2.56. The number of nitrogens with zero attached hydrogens (tertiary/aromatic N) is 2. The Labute approximate surface area is 135 Å². The topological polar surface area (TPSA) is 71.8 Å². The van der Waals surface area contributed by atoms with E-state index in [0.717, 1.165) is 19.4 Å². The van der Waals surface area contributed by atoms with Crippen LogP contribution in [0.25, 0.3) is 0 Å². The number of hydrogen-bond acceptors (Lipinski definition) is 5. The van der Waals surface area contributed by atoms with Gasteiger partial charge in [0.25, 0.3) is 5.91 Å². The molecule has 2 saturated heterocycles. The van der Waals surface area contributed by atoms with Crippen LogP contribution in [0.3, 0.4) is 0 Å². The van der Waals surface area contributed by atoms with Crippen molar-refractivity contribution in [3.63, 3.8) is 0 Å². The average molecular weight is 316 g/mol. The molecule has 2 fully saturated rings. The van der Waals surface area contributed by atoms with Crippen LogP contribution in [0.1, 0.15) is 18.4 Å². The van der Waals surface area contributed by atoms with E-state index in [9.17, 15) is 4.79 Å². The van der Waals surface area contributed by atoms with E-state index in [0.29, 0.717) is 31.1 Å². The molecule has 0 radical (unpaired) electrons. The van der Waals surface area contributed by atoms with Gasteiger partial charge in [0.05, 0.1) is 18.8 Å². The first-order valence-electron chi connectivity index (χ1n) is 7.91. The van der Waals surface area contributed by atoms with Crippen molar-refractivity contribution in [1.29, 1.82) is 5.26 Å². The zero-order chi connectivity index (χ0) is 16.1. The Morgan fingerprint density at radius 2 is 2.13 bits per heavy atom. The number of nitriles is 1. The third kappa shape index (κ3) is 3.81. The smallest absolute Gasteiger partial charge is 0.260 e. The number of piperidine rings is 1. The maximum Gasteiger partial charge on any atom is 0.260 e. The molecule has 23 heavy (non-hydrogen) atoms. The number of likely N-dealkylation sites (tertiary alicyclic amines) is 1. The molecule has 1 aromatic rings. The minimum absolute atomic E-state index is 0.0577. The molecule has 0 spiro atoms. The molecule has 1 aromatic carbocycles. The molecular formula is C17H20N2O4. The number of rotatable bonds is 4. The van der Waals surface area contributed by atoms with Crippen molar-refractivity contribution >= 4 is 5.91 Å². The van der Waals surface area contributed by atoms with E-state index < -0.39 is 0 Å². The van der Waals surface area contributed by atoms with Crippen LogP contribution >= 0.6 is 0 Å². The van der Waals surface area contributed by atoms with Gasteiger partial charge in [-0.15, -0.1) is 0 Å². The zero-order valence-electron chi connectivity index (χ0n) is 12.9. The van der Waals surface area contributed by atoms with E-state index in [4.69, 9.17) is 19.5 Å². The SMILES string of the molecule is N#Cc1ccccc1OCC(=O)N1CCCC(C2OCCO2)C1. The first-order chi connectivity index (χ1) is 11.3. The Bertz CT molecular complexity index is 593. The molecule has 3 rings (SSSR count). The quantitative estimate of drug-likeness (QED) is 0.843. The summed E-state index contributed by atoms with van der Waals surface area (Å²) >= 11 is 0. The summed E-state index contributed by atoms with van der Waals surface area (Å²) in [7, 11) is 0. The summed E-state index contributed by atoms with van der Waals surface area (Å²) < 4.78 is 16.6. The molecule has 0 bridgehead atoms. The van der Waals surface area contributed by atoms with Crippen LogP contribution in [-0.2, 0) is 14.3 Å². The molecular weight excluding hydrogens is 296 g/mol. The van der Waals surface area contributed by atoms with Crippen molar-refractivity contribution in [1.82, 2.24) is 4.90 Å². The Kier molecular flexibility index (Phi) is 5.11. The summed E-state index contributed by atoms with van der Waals surface area (Å²) in [4.78, 5) is 14.2. The van der Waals surface area contributed by atoms with E-state index in [1.807, 2.05) is 0 Å². The molecule has 0 N–H and O–H groups in total. The van der Waals surface area contributed by atoms with Crippen molar-refractivity contribution in [3.05, 3.63) is 29.8 Å². The van der Waals surface area contributed by atoms with E-state index in [1.165, 1.54) is 0 Å². The van der Waals surface area contributed by atoms with Crippen molar-refractivity contribution < 1.29 is 19.0 Å². The predicted molar refractivity (Wildman–Crippen MR) is 81.6 cm³/mol. The molecule has 2 aliphatic heterocycles. The monoisotopic (exact) mass is 316 g/mol. The van der Waals surface area contributed by atoms with Crippen LogP contribution in [0.5, 0.6) is 5.75 Å². The molecule has 122 valence electrons. The van der Waals surface area contributed by atoms with Crippen LogP contribution in [0, 0.1) is 17.2 Å². The maximum atomic E-state index is 12.4. The lowest BCUT2D eigenvalue weighted by atomic mass is 9.97. The number of ether oxygens (including phenoxy) is 3. The van der Waals surface area contributed by atoms with E-state index in [1.54, 1.807) is 29.2 Å². The Balaban J connectivity index is 1.54. The first-order valence-corrected chi connectivity index (χ1v) is 7.91. The average Bonchev–Trinajstić information content (AvgIpc) is 3.14. The molecule has 1 amide bonds. The second-order valence-corrected chi connectivity index (χ2v) is 5.75. The van der Waals surface area contributed by atoms with Crippen LogP contribution in [0.4, 0.5) is 0 Å². The highest BCUT2D eigenvalue weighted by atomic mass is 16.7. The predicted octanol–water partition coefficient (Wildman–Crippen LogP) is 1.55. The van der Waals surface area contributed by atoms with Gasteiger partial charge in [0.15, 0.2) is 12.9 Å². The maximum absolute atomic E-state index is 12.4. The Morgan fingerprint density at radius 1 is 1.35 bits per heavy atom. The summed E-state index contributed by atoms with van der Waals surface area (Å²) in [6, 6.07) is 8.98. The lowest BCUT2D eigenvalue weighted by molar-refractivity contribution is -0.141. The largest absolute Gasteiger partial charge is 0.482 e. The van der Waals surface area contributed by atoms with Crippen LogP contribution in [0.15, 0.2) is 24.3 Å². The van der Waals surface area contributed by atoms with Gasteiger partial charge in [-0.1, -0.05) is 12.1 Å². The third-order valence-corrected chi connectivity index (χ3v) is 4.20. The second-order valence-electron chi connectivity index (χ2n) is 5.75. The standard InChI is InChI=1S/C17H20N2O4/c18-10-13-4-1-2-6-15(13)23-12-16(20)19-7-3-5-14(11-19)17-21-8-9-22-17/h1-2,4,6,14,17H,3,5,7-9,11-12H2. The molecule has 6 heteroatoms. The van der Waals surface area contributed by atoms with E-state index >= 15 is 0 Å². The molecule has 0 aliphatic carbocycles. The normalized spacial score (nSPS) is 21.9. The van der Waals surface area contributed by atoms with E-state index in [2.05, 4.69) is 6.07 Å². The Morgan fingerprint density at radius 3 is 2.91 bits per heavy atom. The minimum atomic E-state index is -0.189. The van der Waals surface area contributed by atoms with Gasteiger partial charge in [0, 0.05) is 19.0 Å². The highest BCUT2D eigenvalue weighted by Crippen LogP contribution is 2.25. The van der Waals surface area contributed by atoms with E-state index in [-0.39, 0.29) is 24.7 Å². The van der Waals surface area contributed by atoms with Gasteiger partial charge in [-0.25, -0.2) is 0 Å². The summed E-state index contributed by atoms with van der Waals surface area (Å²) in [5, 5.41) is 9.04. The fraction of sp³-hybridized carbons (Fsp3) is 0.529. The number of benzene rings is 1. The van der Waals surface area contributed by atoms with Gasteiger partial charge >= 0.3 is 0 Å². The molecule has 1 atom stereocenters. The number of carbonyl (C=O) groups is 1. The molecule has 0 saturated carbocycles. The van der Waals surface area contributed by atoms with Gasteiger partial charge < -0.3 is 19.1 Å². The summed E-state index contributed by atoms with van der Waals surface area (Å²) in [5.74, 6) is 0.599. The van der Waals surface area contributed by atoms with Crippen LogP contribution < -0.4 is 4.74 Å². The third-order valence-electron chi connectivity index (χ3n) is 4.20. The minimum Gasteiger partial charge on any atom is -0.482 e. The molecule has 0 aromatic heterocycles. The molecule has 2 heterocycles. The lowest BCUT2D eigenvalue weighted by Crippen LogP contribution is -2.45. The van der Waals surface area contributed by atoms with Crippen molar-refractivity contribution in [2.24, 2.45) is 5.92 Å². The molecule has 2 aliphatic rings. The fourth-order valence-electron chi connectivity index (χ4n) is 3.02. The van der Waals surface area contributed by atoms with Gasteiger partial charge in [-0.05, 0) is 25.0 Å². The summed E-state index contributed by atoms with van der Waals surface area (Å²) in [5.41, 5.74) is 0.435. The van der Waals surface area contributed by atoms with Gasteiger partial charge in [0.1, 0.15) is 11.8 Å². The number of amides is 1. The number of carbonyl (C=O) groups excluding carboxylic acids is 1. The highest BCUT2D eigenvalue weighted by Gasteiger charge is 2.32. The Hall–Kier alpha value is -2.10. The second kappa shape index (κ2) is 7.44. The number of hydrogen-bond donors (Lipinski definition) is 0. The van der Waals surface area contributed by atoms with Crippen LogP contribution in [0.2, 0.25) is 0 Å². The molecule has 6 nitrogen and oxygen atoms in total. The van der Waals surface area contributed by atoms with Gasteiger partial charge in [0.2, 0.25) is 0 Å². The number of para-hydroxylation sites is 1. The highest BCUT2D eigenvalue weighted by molar-refractivity contribution is 5.78. The summed E-state index contributed by atoms with van der Waals surface area (Å²) in [6.07, 6.45) is 1.76. The van der Waals surface area contributed by atoms with Gasteiger partial charge in [-0.2, -0.15) is 5.26 Å². The van der Waals surface area contributed by atoms with Crippen molar-refractivity contribution in [2.45, 2.75) is 19.1 Å². The van der Waals surface area contributed by atoms with Crippen molar-refractivity contribution in [3.8, 4) is 11.8 Å². The van der Waals surface area contributed by atoms with Gasteiger partial charge in [-0.3, -0.25) is 4.79 Å². The lowest BCUT2D eigenvalue weighted by Gasteiger charge is -2.34. The fourth-order valence-corrected chi connectivity index (χ4v) is 3.02. The van der Waals surface area contributed by atoms with Crippen LogP contribution in [-0.4, -0.2) is 50.0 Å². The molecule has 1 unspecified atom stereocenters. The zero-order valence-corrected chi connectivity index (χ0v) is 12.9. The first kappa shape index (κ1) is 15.8.